The molecule has 0 radical (unpaired) electrons. The van der Waals surface area contributed by atoms with Crippen molar-refractivity contribution in [1.82, 2.24) is 0 Å². The third-order valence-electron chi connectivity index (χ3n) is 0.824. The predicted octanol–water partition coefficient (Wildman–Crippen LogP) is 3.24. The van der Waals surface area contributed by atoms with Crippen molar-refractivity contribution in [3.8, 4) is 0 Å². The van der Waals surface area contributed by atoms with E-state index in [9.17, 15) is 0 Å². The Bertz CT molecular complexity index is 300. The monoisotopic (exact) mass is 402 g/mol. The number of halogens is 2. The minimum atomic E-state index is -0.833. The molecular formula is C10H12BrIO4. The molecule has 4 nitrogen and oxygen atoms in total. The summed E-state index contributed by atoms with van der Waals surface area (Å²) in [5, 5.41) is 14.8. The molecule has 0 aliphatic rings. The van der Waals surface area contributed by atoms with Crippen molar-refractivity contribution in [3.05, 3.63) is 32.3 Å². The van der Waals surface area contributed by atoms with E-state index in [0.29, 0.717) is 0 Å². The SMILES string of the molecule is Brc1ccccc1I.CC(=O)O.CC(=O)O. The molecule has 1 aromatic carbocycles. The Morgan fingerprint density at radius 3 is 1.62 bits per heavy atom. The van der Waals surface area contributed by atoms with Crippen LogP contribution in [0, 0.1) is 3.57 Å². The molecule has 16 heavy (non-hydrogen) atoms. The summed E-state index contributed by atoms with van der Waals surface area (Å²) in [6, 6.07) is 8.12. The van der Waals surface area contributed by atoms with Crippen LogP contribution in [0.1, 0.15) is 13.8 Å². The highest BCUT2D eigenvalue weighted by Crippen LogP contribution is 2.16. The van der Waals surface area contributed by atoms with Crippen molar-refractivity contribution in [1.29, 1.82) is 0 Å². The minimum Gasteiger partial charge on any atom is -0.481 e. The Morgan fingerprint density at radius 2 is 1.44 bits per heavy atom. The van der Waals surface area contributed by atoms with Gasteiger partial charge in [0.15, 0.2) is 0 Å². The standard InChI is InChI=1S/C6H4BrI.2C2H4O2/c7-5-3-1-2-4-6(5)8;2*1-2(3)4/h1-4H;2*1H3,(H,3,4). The molecule has 0 amide bonds. The zero-order valence-electron chi connectivity index (χ0n) is 8.78. The number of rotatable bonds is 0. The van der Waals surface area contributed by atoms with Gasteiger partial charge < -0.3 is 10.2 Å². The van der Waals surface area contributed by atoms with E-state index < -0.39 is 11.9 Å². The molecule has 0 fully saturated rings. The first-order valence-corrected chi connectivity index (χ1v) is 5.93. The van der Waals surface area contributed by atoms with Crippen molar-refractivity contribution < 1.29 is 19.8 Å². The van der Waals surface area contributed by atoms with Crippen molar-refractivity contribution in [2.45, 2.75) is 13.8 Å². The maximum Gasteiger partial charge on any atom is 0.300 e. The van der Waals surface area contributed by atoms with Crippen molar-refractivity contribution in [2.75, 3.05) is 0 Å². The molecule has 1 aromatic rings. The average Bonchev–Trinajstić information content (AvgIpc) is 2.08. The van der Waals surface area contributed by atoms with Crippen LogP contribution in [0.3, 0.4) is 0 Å². The summed E-state index contributed by atoms with van der Waals surface area (Å²) in [6.07, 6.45) is 0. The van der Waals surface area contributed by atoms with Gasteiger partial charge in [-0.05, 0) is 50.7 Å². The number of benzene rings is 1. The fourth-order valence-corrected chi connectivity index (χ4v) is 1.11. The van der Waals surface area contributed by atoms with Gasteiger partial charge in [0.2, 0.25) is 0 Å². The first kappa shape index (κ1) is 17.8. The number of carbonyl (C=O) groups is 2. The third kappa shape index (κ3) is 19.0. The summed E-state index contributed by atoms with van der Waals surface area (Å²) in [5.74, 6) is -1.67. The predicted molar refractivity (Wildman–Crippen MR) is 73.5 cm³/mol. The first-order chi connectivity index (χ1) is 7.27. The molecule has 0 aromatic heterocycles. The second-order valence-electron chi connectivity index (χ2n) is 2.45. The topological polar surface area (TPSA) is 74.6 Å². The molecule has 0 bridgehead atoms. The van der Waals surface area contributed by atoms with E-state index in [2.05, 4.69) is 44.6 Å². The third-order valence-corrected chi connectivity index (χ3v) is 3.20. The first-order valence-electron chi connectivity index (χ1n) is 4.06. The molecule has 2 N–H and O–H groups in total. The summed E-state index contributed by atoms with van der Waals surface area (Å²) in [4.78, 5) is 18.0. The number of aliphatic carboxylic acids is 2. The number of carboxylic acids is 2. The van der Waals surface area contributed by atoms with Gasteiger partial charge in [-0.3, -0.25) is 9.59 Å². The second kappa shape index (κ2) is 10.9. The van der Waals surface area contributed by atoms with Crippen LogP contribution in [0.5, 0.6) is 0 Å². The van der Waals surface area contributed by atoms with Crippen LogP contribution in [0.2, 0.25) is 0 Å². The van der Waals surface area contributed by atoms with Gasteiger partial charge in [0, 0.05) is 21.9 Å². The van der Waals surface area contributed by atoms with Crippen LogP contribution in [-0.2, 0) is 9.59 Å². The fourth-order valence-electron chi connectivity index (χ4n) is 0.439. The molecule has 0 atom stereocenters. The fraction of sp³-hybridized carbons (Fsp3) is 0.200. The summed E-state index contributed by atoms with van der Waals surface area (Å²) in [5.41, 5.74) is 0. The van der Waals surface area contributed by atoms with Gasteiger partial charge in [-0.2, -0.15) is 0 Å². The Labute approximate surface area is 116 Å². The maximum absolute atomic E-state index is 9.00. The molecule has 0 saturated carbocycles. The lowest BCUT2D eigenvalue weighted by molar-refractivity contribution is -0.135. The van der Waals surface area contributed by atoms with Gasteiger partial charge in [0.25, 0.3) is 11.9 Å². The van der Waals surface area contributed by atoms with Crippen molar-refractivity contribution in [2.24, 2.45) is 0 Å². The molecule has 0 saturated heterocycles. The van der Waals surface area contributed by atoms with Gasteiger partial charge in [-0.1, -0.05) is 12.1 Å². The molecule has 0 spiro atoms. The van der Waals surface area contributed by atoms with E-state index >= 15 is 0 Å². The minimum absolute atomic E-state index is 0.833. The van der Waals surface area contributed by atoms with Crippen LogP contribution in [0.25, 0.3) is 0 Å². The van der Waals surface area contributed by atoms with Gasteiger partial charge in [-0.15, -0.1) is 0 Å². The second-order valence-corrected chi connectivity index (χ2v) is 4.47. The molecule has 0 unspecified atom stereocenters. The number of carboxylic acid groups (broad SMARTS) is 2. The van der Waals surface area contributed by atoms with Gasteiger partial charge in [-0.25, -0.2) is 0 Å². The van der Waals surface area contributed by atoms with E-state index in [-0.39, 0.29) is 0 Å². The van der Waals surface area contributed by atoms with Gasteiger partial charge >= 0.3 is 0 Å². The van der Waals surface area contributed by atoms with E-state index in [1.54, 1.807) is 0 Å². The summed E-state index contributed by atoms with van der Waals surface area (Å²) in [7, 11) is 0. The Hall–Kier alpha value is -0.630. The van der Waals surface area contributed by atoms with E-state index in [4.69, 9.17) is 19.8 Å². The lowest BCUT2D eigenvalue weighted by Crippen LogP contribution is -1.78. The molecule has 6 heteroatoms. The normalized spacial score (nSPS) is 7.75. The van der Waals surface area contributed by atoms with Crippen LogP contribution in [0.15, 0.2) is 28.7 Å². The highest BCUT2D eigenvalue weighted by molar-refractivity contribution is 14.1. The van der Waals surface area contributed by atoms with E-state index in [0.717, 1.165) is 13.8 Å². The van der Waals surface area contributed by atoms with Crippen LogP contribution in [-0.4, -0.2) is 22.2 Å². The zero-order chi connectivity index (χ0) is 13.1. The smallest absolute Gasteiger partial charge is 0.300 e. The van der Waals surface area contributed by atoms with E-state index in [1.165, 1.54) is 8.04 Å². The van der Waals surface area contributed by atoms with Crippen LogP contribution < -0.4 is 0 Å². The summed E-state index contributed by atoms with van der Waals surface area (Å²) < 4.78 is 2.42. The number of hydrogen-bond acceptors (Lipinski definition) is 2. The lowest BCUT2D eigenvalue weighted by atomic mass is 10.4. The molecule has 0 heterocycles. The van der Waals surface area contributed by atoms with E-state index in [1.807, 2.05) is 18.2 Å². The highest BCUT2D eigenvalue weighted by Gasteiger charge is 1.88. The van der Waals surface area contributed by atoms with Gasteiger partial charge in [0.05, 0.1) is 0 Å². The van der Waals surface area contributed by atoms with Gasteiger partial charge in [0.1, 0.15) is 0 Å². The molecular weight excluding hydrogens is 391 g/mol. The highest BCUT2D eigenvalue weighted by atomic mass is 127. The average molecular weight is 403 g/mol. The zero-order valence-corrected chi connectivity index (χ0v) is 12.5. The maximum atomic E-state index is 9.00. The molecule has 90 valence electrons. The molecule has 0 aliphatic carbocycles. The quantitative estimate of drug-likeness (QED) is 0.653. The molecule has 0 aliphatic heterocycles. The summed E-state index contributed by atoms with van der Waals surface area (Å²) in [6.45, 7) is 2.17. The lowest BCUT2D eigenvalue weighted by Gasteiger charge is -1.89. The number of hydrogen-bond donors (Lipinski definition) is 2. The Morgan fingerprint density at radius 1 is 1.12 bits per heavy atom. The van der Waals surface area contributed by atoms with Crippen LogP contribution in [0.4, 0.5) is 0 Å². The molecule has 1 rings (SSSR count). The van der Waals surface area contributed by atoms with Crippen molar-refractivity contribution in [3.63, 3.8) is 0 Å². The van der Waals surface area contributed by atoms with Crippen molar-refractivity contribution >= 4 is 50.5 Å². The Balaban J connectivity index is 0. The largest absolute Gasteiger partial charge is 0.481 e. The summed E-state index contributed by atoms with van der Waals surface area (Å²) >= 11 is 5.67. The van der Waals surface area contributed by atoms with Crippen LogP contribution >= 0.6 is 38.5 Å². The Kier molecular flexibility index (Phi) is 12.1.